The van der Waals surface area contributed by atoms with Crippen LogP contribution >= 0.6 is 0 Å². The van der Waals surface area contributed by atoms with E-state index in [2.05, 4.69) is 6.92 Å². The third-order valence-corrected chi connectivity index (χ3v) is 4.84. The van der Waals surface area contributed by atoms with Gasteiger partial charge in [-0.25, -0.2) is 0 Å². The summed E-state index contributed by atoms with van der Waals surface area (Å²) in [6.07, 6.45) is 13.6. The topological polar surface area (TPSA) is 149 Å². The van der Waals surface area contributed by atoms with Gasteiger partial charge >= 0.3 is 11.9 Å². The Morgan fingerprint density at radius 3 is 1.42 bits per heavy atom. The largest absolute Gasteiger partial charge is 0.481 e. The number of rotatable bonds is 15. The van der Waals surface area contributed by atoms with Crippen molar-refractivity contribution in [1.82, 2.24) is 0 Å². The van der Waals surface area contributed by atoms with Crippen LogP contribution in [0.15, 0.2) is 0 Å². The average Bonchev–Trinajstić information content (AvgIpc) is 2.53. The van der Waals surface area contributed by atoms with Gasteiger partial charge in [0.15, 0.2) is 5.25 Å². The molecule has 0 rings (SSSR count). The molecule has 0 saturated heterocycles. The van der Waals surface area contributed by atoms with Crippen molar-refractivity contribution in [2.24, 2.45) is 0 Å². The van der Waals surface area contributed by atoms with E-state index in [0.717, 1.165) is 6.42 Å². The highest BCUT2D eigenvalue weighted by molar-refractivity contribution is 7.87. The molecule has 0 aliphatic carbocycles. The zero-order valence-electron chi connectivity index (χ0n) is 15.6. The minimum Gasteiger partial charge on any atom is -0.481 e. The lowest BCUT2D eigenvalue weighted by molar-refractivity contribution is -0.143. The Labute approximate surface area is 156 Å². The lowest BCUT2D eigenvalue weighted by Gasteiger charge is -2.04. The molecule has 0 aliphatic rings. The van der Waals surface area contributed by atoms with Crippen LogP contribution in [-0.4, -0.2) is 52.1 Å². The van der Waals surface area contributed by atoms with Gasteiger partial charge in [0, 0.05) is 6.61 Å². The zero-order valence-corrected chi connectivity index (χ0v) is 16.4. The van der Waals surface area contributed by atoms with Gasteiger partial charge in [0.05, 0.1) is 6.42 Å². The summed E-state index contributed by atoms with van der Waals surface area (Å²) in [4.78, 5) is 20.0. The Morgan fingerprint density at radius 1 is 0.808 bits per heavy atom. The van der Waals surface area contributed by atoms with Gasteiger partial charge in [-0.2, -0.15) is 8.42 Å². The lowest BCUT2D eigenvalue weighted by Crippen LogP contribution is -2.31. The van der Waals surface area contributed by atoms with Gasteiger partial charge in [0.2, 0.25) is 0 Å². The third kappa shape index (κ3) is 19.1. The molecule has 1 atom stereocenters. The van der Waals surface area contributed by atoms with E-state index < -0.39 is 33.7 Å². The predicted molar refractivity (Wildman–Crippen MR) is 98.8 cm³/mol. The van der Waals surface area contributed by atoms with Gasteiger partial charge in [-0.3, -0.25) is 14.1 Å². The van der Waals surface area contributed by atoms with Crippen molar-refractivity contribution >= 4 is 22.1 Å². The van der Waals surface area contributed by atoms with E-state index in [1.165, 1.54) is 64.2 Å². The van der Waals surface area contributed by atoms with Crippen LogP contribution in [0.3, 0.4) is 0 Å². The van der Waals surface area contributed by atoms with E-state index in [9.17, 15) is 18.0 Å². The van der Waals surface area contributed by atoms with Crippen molar-refractivity contribution in [2.75, 3.05) is 6.61 Å². The van der Waals surface area contributed by atoms with E-state index in [-0.39, 0.29) is 0 Å². The Morgan fingerprint density at radius 2 is 1.19 bits per heavy atom. The molecule has 0 bridgehead atoms. The molecular formula is C17H34O8S. The van der Waals surface area contributed by atoms with Gasteiger partial charge in [-0.05, 0) is 6.42 Å². The summed E-state index contributed by atoms with van der Waals surface area (Å²) in [5.41, 5.74) is 0. The number of aliphatic hydroxyl groups excluding tert-OH is 1. The zero-order chi connectivity index (χ0) is 20.4. The van der Waals surface area contributed by atoms with Crippen molar-refractivity contribution in [2.45, 2.75) is 89.2 Å². The normalized spacial score (nSPS) is 12.1. The molecule has 0 aliphatic heterocycles. The Bertz CT molecular complexity index is 449. The summed E-state index contributed by atoms with van der Waals surface area (Å²) in [5.74, 6) is -3.50. The van der Waals surface area contributed by atoms with E-state index in [0.29, 0.717) is 6.61 Å². The van der Waals surface area contributed by atoms with E-state index >= 15 is 0 Å². The van der Waals surface area contributed by atoms with E-state index in [1.54, 1.807) is 0 Å². The standard InChI is InChI=1S/C13H28O.C4H6O7S/c1-2-3-4-5-6-7-8-9-10-11-12-13-14;5-3(6)1-2(4(7)8)12(9,10)11/h14H,2-13H2,1H3;2H,1H2,(H,5,6)(H,7,8)(H,9,10,11). The quantitative estimate of drug-likeness (QED) is 0.243. The first-order valence-corrected chi connectivity index (χ1v) is 10.7. The second kappa shape index (κ2) is 17.2. The first kappa shape index (κ1) is 27.0. The molecule has 1 unspecified atom stereocenters. The van der Waals surface area contributed by atoms with Crippen LogP contribution in [0.25, 0.3) is 0 Å². The van der Waals surface area contributed by atoms with Crippen molar-refractivity contribution < 1.29 is 37.9 Å². The number of carboxylic acids is 2. The minimum atomic E-state index is -4.84. The van der Waals surface area contributed by atoms with Crippen LogP contribution < -0.4 is 0 Å². The second-order valence-electron chi connectivity index (χ2n) is 6.20. The molecule has 0 aromatic rings. The molecule has 0 saturated carbocycles. The smallest absolute Gasteiger partial charge is 0.325 e. The molecule has 0 heterocycles. The summed E-state index contributed by atoms with van der Waals surface area (Å²) in [6.45, 7) is 2.64. The molecule has 26 heavy (non-hydrogen) atoms. The fourth-order valence-corrected chi connectivity index (χ4v) is 2.86. The maximum Gasteiger partial charge on any atom is 0.325 e. The molecule has 4 N–H and O–H groups in total. The molecule has 156 valence electrons. The number of unbranched alkanes of at least 4 members (excludes halogenated alkanes) is 10. The van der Waals surface area contributed by atoms with Crippen molar-refractivity contribution in [3.8, 4) is 0 Å². The Balaban J connectivity index is 0. The fourth-order valence-electron chi connectivity index (χ4n) is 2.25. The van der Waals surface area contributed by atoms with Gasteiger partial charge in [-0.15, -0.1) is 0 Å². The number of hydrogen-bond donors (Lipinski definition) is 4. The maximum absolute atomic E-state index is 10.2. The summed E-state index contributed by atoms with van der Waals surface area (Å²) < 4.78 is 28.7. The second-order valence-corrected chi connectivity index (χ2v) is 7.80. The third-order valence-electron chi connectivity index (χ3n) is 3.76. The molecule has 0 aromatic carbocycles. The van der Waals surface area contributed by atoms with Gasteiger partial charge in [0.1, 0.15) is 0 Å². The monoisotopic (exact) mass is 398 g/mol. The molecule has 0 aromatic heterocycles. The van der Waals surface area contributed by atoms with Crippen LogP contribution in [0.5, 0.6) is 0 Å². The Kier molecular flexibility index (Phi) is 17.9. The van der Waals surface area contributed by atoms with Gasteiger partial charge in [0.25, 0.3) is 10.1 Å². The highest BCUT2D eigenvalue weighted by Gasteiger charge is 2.33. The van der Waals surface area contributed by atoms with Crippen LogP contribution in [0.4, 0.5) is 0 Å². The molecule has 0 fully saturated rings. The summed E-state index contributed by atoms with van der Waals surface area (Å²) in [7, 11) is -4.84. The predicted octanol–water partition coefficient (Wildman–Crippen LogP) is 3.09. The summed E-state index contributed by atoms with van der Waals surface area (Å²) >= 11 is 0. The molecule has 0 radical (unpaired) electrons. The van der Waals surface area contributed by atoms with Crippen molar-refractivity contribution in [3.05, 3.63) is 0 Å². The molecule has 8 nitrogen and oxygen atoms in total. The first-order valence-electron chi connectivity index (χ1n) is 9.18. The highest BCUT2D eigenvalue weighted by Crippen LogP contribution is 2.10. The Hall–Kier alpha value is -1.19. The van der Waals surface area contributed by atoms with Gasteiger partial charge < -0.3 is 15.3 Å². The van der Waals surface area contributed by atoms with Crippen molar-refractivity contribution in [3.63, 3.8) is 0 Å². The first-order chi connectivity index (χ1) is 12.2. The number of aliphatic hydroxyl groups is 1. The number of carboxylic acid groups (broad SMARTS) is 2. The number of hydrogen-bond acceptors (Lipinski definition) is 5. The molecule has 0 amide bonds. The number of aliphatic carboxylic acids is 2. The van der Waals surface area contributed by atoms with E-state index in [1.807, 2.05) is 0 Å². The average molecular weight is 399 g/mol. The molecular weight excluding hydrogens is 364 g/mol. The van der Waals surface area contributed by atoms with Crippen LogP contribution in [0.1, 0.15) is 84.0 Å². The summed E-state index contributed by atoms with van der Waals surface area (Å²) in [5, 5.41) is 22.5. The van der Waals surface area contributed by atoms with Crippen LogP contribution in [-0.2, 0) is 19.7 Å². The summed E-state index contributed by atoms with van der Waals surface area (Å²) in [6, 6.07) is 0. The lowest BCUT2D eigenvalue weighted by atomic mass is 10.1. The van der Waals surface area contributed by atoms with Crippen LogP contribution in [0.2, 0.25) is 0 Å². The molecule has 9 heteroatoms. The maximum atomic E-state index is 10.2. The molecule has 0 spiro atoms. The van der Waals surface area contributed by atoms with Gasteiger partial charge in [-0.1, -0.05) is 71.1 Å². The SMILES string of the molecule is CCCCCCCCCCCCCO.O=C(O)CC(C(=O)O)S(=O)(=O)O. The van der Waals surface area contributed by atoms with Crippen molar-refractivity contribution in [1.29, 1.82) is 0 Å². The minimum absolute atomic E-state index is 0.372. The van der Waals surface area contributed by atoms with Crippen LogP contribution in [0, 0.1) is 0 Å². The fraction of sp³-hybridized carbons (Fsp3) is 0.882. The number of carbonyl (C=O) groups is 2. The van der Waals surface area contributed by atoms with E-state index in [4.69, 9.17) is 19.9 Å². The highest BCUT2D eigenvalue weighted by atomic mass is 32.2.